The standard InChI is InChI=1S/C18H23ClN2O3/c1-12-5-9-21(10-6-12)17(23)18(7-8-18)16(22)20-13-3-4-15(24-2)14(19)11-13/h3-4,11-12H,5-10H2,1-2H3,(H,20,22). The van der Waals surface area contributed by atoms with Crippen LogP contribution in [-0.2, 0) is 9.59 Å². The highest BCUT2D eigenvalue weighted by molar-refractivity contribution is 6.32. The van der Waals surface area contributed by atoms with Crippen LogP contribution in [0.3, 0.4) is 0 Å². The van der Waals surface area contributed by atoms with Crippen LogP contribution in [-0.4, -0.2) is 36.9 Å². The molecule has 0 spiro atoms. The van der Waals surface area contributed by atoms with E-state index in [4.69, 9.17) is 16.3 Å². The molecule has 0 aromatic heterocycles. The van der Waals surface area contributed by atoms with Crippen LogP contribution in [0, 0.1) is 11.3 Å². The molecule has 3 rings (SSSR count). The third-order valence-electron chi connectivity index (χ3n) is 5.07. The summed E-state index contributed by atoms with van der Waals surface area (Å²) in [5.74, 6) is 0.952. The molecule has 5 nitrogen and oxygen atoms in total. The minimum Gasteiger partial charge on any atom is -0.495 e. The molecule has 1 aliphatic heterocycles. The Morgan fingerprint density at radius 3 is 2.50 bits per heavy atom. The third kappa shape index (κ3) is 3.22. The van der Waals surface area contributed by atoms with Crippen LogP contribution >= 0.6 is 11.6 Å². The minimum atomic E-state index is -0.882. The second-order valence-electron chi connectivity index (χ2n) is 6.86. The van der Waals surface area contributed by atoms with Crippen molar-refractivity contribution in [3.8, 4) is 5.75 Å². The van der Waals surface area contributed by atoms with Crippen LogP contribution in [0.25, 0.3) is 0 Å². The average Bonchev–Trinajstić information content (AvgIpc) is 3.37. The van der Waals surface area contributed by atoms with Gasteiger partial charge in [-0.25, -0.2) is 0 Å². The molecule has 2 aliphatic rings. The Bertz CT molecular complexity index is 650. The number of carbonyl (C=O) groups excluding carboxylic acids is 2. The largest absolute Gasteiger partial charge is 0.495 e. The Hall–Kier alpha value is -1.75. The van der Waals surface area contributed by atoms with Gasteiger partial charge in [-0.3, -0.25) is 9.59 Å². The summed E-state index contributed by atoms with van der Waals surface area (Å²) in [6.07, 6.45) is 3.26. The van der Waals surface area contributed by atoms with Crippen molar-refractivity contribution in [2.75, 3.05) is 25.5 Å². The van der Waals surface area contributed by atoms with Crippen LogP contribution in [0.2, 0.25) is 5.02 Å². The monoisotopic (exact) mass is 350 g/mol. The van der Waals surface area contributed by atoms with Crippen LogP contribution in [0.15, 0.2) is 18.2 Å². The first kappa shape index (κ1) is 17.1. The number of amides is 2. The highest BCUT2D eigenvalue weighted by Gasteiger charge is 2.58. The molecule has 1 aromatic rings. The highest BCUT2D eigenvalue weighted by Crippen LogP contribution is 2.48. The number of nitrogens with one attached hydrogen (secondary N) is 1. The number of methoxy groups -OCH3 is 1. The van der Waals surface area contributed by atoms with E-state index in [0.717, 1.165) is 25.9 Å². The van der Waals surface area contributed by atoms with Gasteiger partial charge in [0.1, 0.15) is 11.2 Å². The van der Waals surface area contributed by atoms with Gasteiger partial charge in [0.15, 0.2) is 0 Å². The number of hydrogen-bond acceptors (Lipinski definition) is 3. The van der Waals surface area contributed by atoms with Crippen molar-refractivity contribution in [2.45, 2.75) is 32.6 Å². The summed E-state index contributed by atoms with van der Waals surface area (Å²) in [7, 11) is 1.54. The lowest BCUT2D eigenvalue weighted by Crippen LogP contribution is -2.46. The number of nitrogens with zero attached hydrogens (tertiary/aromatic N) is 1. The zero-order valence-corrected chi connectivity index (χ0v) is 14.9. The Morgan fingerprint density at radius 2 is 1.96 bits per heavy atom. The zero-order chi connectivity index (χ0) is 17.3. The Balaban J connectivity index is 1.68. The van der Waals surface area contributed by atoms with Crippen molar-refractivity contribution in [3.63, 3.8) is 0 Å². The normalized spacial score (nSPS) is 19.7. The van der Waals surface area contributed by atoms with E-state index in [0.29, 0.717) is 35.2 Å². The zero-order valence-electron chi connectivity index (χ0n) is 14.1. The predicted molar refractivity (Wildman–Crippen MR) is 93.3 cm³/mol. The van der Waals surface area contributed by atoms with Crippen LogP contribution < -0.4 is 10.1 Å². The fourth-order valence-corrected chi connectivity index (χ4v) is 3.43. The molecule has 130 valence electrons. The SMILES string of the molecule is COc1ccc(NC(=O)C2(C(=O)N3CCC(C)CC3)CC2)cc1Cl. The van der Waals surface area contributed by atoms with E-state index in [2.05, 4.69) is 12.2 Å². The van der Waals surface area contributed by atoms with E-state index in [-0.39, 0.29) is 11.8 Å². The second-order valence-corrected chi connectivity index (χ2v) is 7.27. The van der Waals surface area contributed by atoms with Crippen molar-refractivity contribution >= 4 is 29.1 Å². The molecule has 0 radical (unpaired) electrons. The first-order valence-electron chi connectivity index (χ1n) is 8.40. The maximum atomic E-state index is 12.8. The molecule has 1 aromatic carbocycles. The van der Waals surface area contributed by atoms with Crippen LogP contribution in [0.1, 0.15) is 32.6 Å². The summed E-state index contributed by atoms with van der Waals surface area (Å²) < 4.78 is 5.11. The van der Waals surface area contributed by atoms with Gasteiger partial charge in [0, 0.05) is 18.8 Å². The summed E-state index contributed by atoms with van der Waals surface area (Å²) in [4.78, 5) is 27.3. The molecule has 0 atom stereocenters. The lowest BCUT2D eigenvalue weighted by Gasteiger charge is -2.32. The summed E-state index contributed by atoms with van der Waals surface area (Å²) in [5.41, 5.74) is -0.301. The quantitative estimate of drug-likeness (QED) is 0.847. The molecule has 1 heterocycles. The first-order chi connectivity index (χ1) is 11.5. The van der Waals surface area contributed by atoms with E-state index in [1.165, 1.54) is 7.11 Å². The molecule has 6 heteroatoms. The van der Waals surface area contributed by atoms with Gasteiger partial charge in [0.05, 0.1) is 12.1 Å². The third-order valence-corrected chi connectivity index (χ3v) is 5.37. The number of halogens is 1. The Kier molecular flexibility index (Phi) is 4.72. The van der Waals surface area contributed by atoms with Gasteiger partial charge < -0.3 is 15.0 Å². The van der Waals surface area contributed by atoms with Crippen LogP contribution in [0.5, 0.6) is 5.75 Å². The van der Waals surface area contributed by atoms with E-state index < -0.39 is 5.41 Å². The van der Waals surface area contributed by atoms with Gasteiger partial charge in [-0.2, -0.15) is 0 Å². The maximum absolute atomic E-state index is 12.8. The summed E-state index contributed by atoms with van der Waals surface area (Å²) in [6, 6.07) is 5.07. The molecule has 2 fully saturated rings. The molecular formula is C18H23ClN2O3. The smallest absolute Gasteiger partial charge is 0.240 e. The van der Waals surface area contributed by atoms with E-state index in [9.17, 15) is 9.59 Å². The fraction of sp³-hybridized carbons (Fsp3) is 0.556. The molecular weight excluding hydrogens is 328 g/mol. The van der Waals surface area contributed by atoms with Crippen molar-refractivity contribution < 1.29 is 14.3 Å². The van der Waals surface area contributed by atoms with Crippen molar-refractivity contribution in [3.05, 3.63) is 23.2 Å². The van der Waals surface area contributed by atoms with E-state index in [1.54, 1.807) is 18.2 Å². The molecule has 1 aliphatic carbocycles. The van der Waals surface area contributed by atoms with Gasteiger partial charge in [0.25, 0.3) is 0 Å². The Morgan fingerprint density at radius 1 is 1.29 bits per heavy atom. The lowest BCUT2D eigenvalue weighted by atomic mass is 9.96. The van der Waals surface area contributed by atoms with Crippen LogP contribution in [0.4, 0.5) is 5.69 Å². The highest BCUT2D eigenvalue weighted by atomic mass is 35.5. The number of rotatable bonds is 4. The molecule has 1 saturated carbocycles. The molecule has 1 N–H and O–H groups in total. The maximum Gasteiger partial charge on any atom is 0.240 e. The number of piperidine rings is 1. The van der Waals surface area contributed by atoms with E-state index in [1.807, 2.05) is 4.90 Å². The average molecular weight is 351 g/mol. The van der Waals surface area contributed by atoms with Crippen molar-refractivity contribution in [2.24, 2.45) is 11.3 Å². The molecule has 0 unspecified atom stereocenters. The van der Waals surface area contributed by atoms with Crippen molar-refractivity contribution in [1.82, 2.24) is 4.90 Å². The number of anilines is 1. The topological polar surface area (TPSA) is 58.6 Å². The summed E-state index contributed by atoms with van der Waals surface area (Å²) in [5, 5.41) is 3.27. The van der Waals surface area contributed by atoms with Gasteiger partial charge in [0.2, 0.25) is 11.8 Å². The van der Waals surface area contributed by atoms with Gasteiger partial charge in [-0.1, -0.05) is 18.5 Å². The Labute approximate surface area is 147 Å². The fourth-order valence-electron chi connectivity index (χ4n) is 3.17. The number of benzene rings is 1. The molecule has 2 amide bonds. The molecule has 1 saturated heterocycles. The van der Waals surface area contributed by atoms with Gasteiger partial charge in [-0.05, 0) is 49.8 Å². The minimum absolute atomic E-state index is 0.0218. The van der Waals surface area contributed by atoms with Crippen molar-refractivity contribution in [1.29, 1.82) is 0 Å². The molecule has 24 heavy (non-hydrogen) atoms. The van der Waals surface area contributed by atoms with Gasteiger partial charge >= 0.3 is 0 Å². The number of ether oxygens (including phenoxy) is 1. The molecule has 0 bridgehead atoms. The first-order valence-corrected chi connectivity index (χ1v) is 8.78. The summed E-state index contributed by atoms with van der Waals surface area (Å²) >= 11 is 6.09. The number of carbonyl (C=O) groups is 2. The number of likely N-dealkylation sites (tertiary alicyclic amines) is 1. The predicted octanol–water partition coefficient (Wildman–Crippen LogP) is 3.33. The van der Waals surface area contributed by atoms with Gasteiger partial charge in [-0.15, -0.1) is 0 Å². The second kappa shape index (κ2) is 6.63. The summed E-state index contributed by atoms with van der Waals surface area (Å²) in [6.45, 7) is 3.71. The van der Waals surface area contributed by atoms with E-state index >= 15 is 0 Å². The lowest BCUT2D eigenvalue weighted by molar-refractivity contribution is -0.143. The number of hydrogen-bond donors (Lipinski definition) is 1.